The normalized spacial score (nSPS) is 20.4. The zero-order valence-electron chi connectivity index (χ0n) is 19.0. The molecule has 1 spiro atoms. The van der Waals surface area contributed by atoms with E-state index in [-0.39, 0.29) is 19.0 Å². The third-order valence-electron chi connectivity index (χ3n) is 6.95. The summed E-state index contributed by atoms with van der Waals surface area (Å²) in [5, 5.41) is 2.91. The number of halogens is 2. The summed E-state index contributed by atoms with van der Waals surface area (Å²) in [5.74, 6) is -2.09. The lowest BCUT2D eigenvalue weighted by Crippen LogP contribution is -2.56. The minimum Gasteiger partial charge on any atom is -0.371 e. The Bertz CT molecular complexity index is 1060. The average molecular weight is 474 g/mol. The van der Waals surface area contributed by atoms with Crippen LogP contribution in [-0.2, 0) is 0 Å². The van der Waals surface area contributed by atoms with Crippen LogP contribution >= 0.6 is 11.9 Å². The van der Waals surface area contributed by atoms with E-state index < -0.39 is 5.92 Å². The van der Waals surface area contributed by atoms with E-state index in [1.165, 1.54) is 29.7 Å². The van der Waals surface area contributed by atoms with Gasteiger partial charge in [0.25, 0.3) is 11.8 Å². The molecule has 176 valence electrons. The molecule has 1 aliphatic carbocycles. The molecule has 3 heterocycles. The molecule has 0 unspecified atom stereocenters. The van der Waals surface area contributed by atoms with Gasteiger partial charge in [-0.1, -0.05) is 11.9 Å². The lowest BCUT2D eigenvalue weighted by molar-refractivity contribution is -0.0267. The number of hydrogen-bond donors (Lipinski definition) is 2. The second-order valence-electron chi connectivity index (χ2n) is 9.58. The van der Waals surface area contributed by atoms with Gasteiger partial charge in [0.2, 0.25) is 0 Å². The Morgan fingerprint density at radius 2 is 1.79 bits per heavy atom. The summed E-state index contributed by atoms with van der Waals surface area (Å²) in [6.07, 6.45) is 6.95. The molecule has 2 N–H and O–H groups in total. The zero-order valence-corrected chi connectivity index (χ0v) is 19.8. The van der Waals surface area contributed by atoms with E-state index in [2.05, 4.69) is 19.9 Å². The van der Waals surface area contributed by atoms with Crippen molar-refractivity contribution in [1.29, 1.82) is 0 Å². The fourth-order valence-electron chi connectivity index (χ4n) is 4.80. The third-order valence-corrected chi connectivity index (χ3v) is 7.39. The molecule has 0 bridgehead atoms. The van der Waals surface area contributed by atoms with Crippen molar-refractivity contribution in [3.05, 3.63) is 41.5 Å². The lowest BCUT2D eigenvalue weighted by atomic mass is 9.93. The number of pyridine rings is 1. The highest BCUT2D eigenvalue weighted by molar-refractivity contribution is 7.99. The summed E-state index contributed by atoms with van der Waals surface area (Å²) in [6.45, 7) is 3.06. The fraction of sp³-hybridized carbons (Fsp3) is 0.500. The molecule has 3 fully saturated rings. The van der Waals surface area contributed by atoms with Gasteiger partial charge in [-0.25, -0.2) is 13.8 Å². The maximum Gasteiger partial charge on any atom is 0.282 e. The number of anilines is 4. The van der Waals surface area contributed by atoms with Crippen LogP contribution in [0.5, 0.6) is 0 Å². The summed E-state index contributed by atoms with van der Waals surface area (Å²) in [7, 11) is 0. The molecule has 2 aromatic rings. The summed E-state index contributed by atoms with van der Waals surface area (Å²) in [5.41, 5.74) is 3.86. The standard InChI is InChI=1S/C24H29F2N5OS/c1-16-11-20(27-21(12-16)31-14-24(25,26)15-31)28-22(32)18-4-3-17(29-33-2)13-19(18)30-9-7-23(5-6-23)8-10-30/h3-4,11-13,29H,5-10,14-15H2,1-2H3,(H,27,28,32). The van der Waals surface area contributed by atoms with Gasteiger partial charge < -0.3 is 19.8 Å². The van der Waals surface area contributed by atoms with Gasteiger partial charge in [-0.05, 0) is 73.9 Å². The van der Waals surface area contributed by atoms with E-state index in [0.29, 0.717) is 22.6 Å². The first-order valence-corrected chi connectivity index (χ1v) is 12.6. The molecule has 5 rings (SSSR count). The molecule has 1 aromatic heterocycles. The Hall–Kier alpha value is -2.55. The number of alkyl halides is 2. The van der Waals surface area contributed by atoms with Crippen LogP contribution in [0, 0.1) is 12.3 Å². The van der Waals surface area contributed by atoms with Gasteiger partial charge in [-0.3, -0.25) is 4.79 Å². The smallest absolute Gasteiger partial charge is 0.282 e. The molecular weight excluding hydrogens is 444 g/mol. The Kier molecular flexibility index (Phi) is 5.63. The minimum absolute atomic E-state index is 0.245. The van der Waals surface area contributed by atoms with Gasteiger partial charge in [-0.2, -0.15) is 0 Å². The van der Waals surface area contributed by atoms with Crippen molar-refractivity contribution in [3.63, 3.8) is 0 Å². The SMILES string of the molecule is CSNc1ccc(C(=O)Nc2cc(C)cc(N3CC(F)(F)C3)n2)c(N2CCC3(CC2)CC3)c1. The summed E-state index contributed by atoms with van der Waals surface area (Å²) < 4.78 is 29.9. The number of rotatable bonds is 6. The van der Waals surface area contributed by atoms with Crippen molar-refractivity contribution in [2.45, 2.75) is 38.5 Å². The maximum absolute atomic E-state index is 13.3. The van der Waals surface area contributed by atoms with E-state index in [4.69, 9.17) is 0 Å². The number of hydrogen-bond acceptors (Lipinski definition) is 6. The van der Waals surface area contributed by atoms with Crippen LogP contribution in [0.3, 0.4) is 0 Å². The molecule has 2 aliphatic heterocycles. The van der Waals surface area contributed by atoms with Crippen LogP contribution < -0.4 is 19.8 Å². The number of piperidine rings is 1. The van der Waals surface area contributed by atoms with Crippen LogP contribution in [0.4, 0.5) is 31.8 Å². The molecule has 6 nitrogen and oxygen atoms in total. The van der Waals surface area contributed by atoms with Crippen LogP contribution in [0.25, 0.3) is 0 Å². The lowest BCUT2D eigenvalue weighted by Gasteiger charge is -2.39. The molecule has 1 amide bonds. The number of nitrogens with one attached hydrogen (secondary N) is 2. The predicted molar refractivity (Wildman–Crippen MR) is 131 cm³/mol. The Morgan fingerprint density at radius 1 is 1.06 bits per heavy atom. The molecule has 1 aromatic carbocycles. The van der Waals surface area contributed by atoms with Crippen molar-refractivity contribution in [1.82, 2.24) is 4.98 Å². The van der Waals surface area contributed by atoms with E-state index in [1.54, 1.807) is 12.1 Å². The number of benzene rings is 1. The predicted octanol–water partition coefficient (Wildman–Crippen LogP) is 5.17. The van der Waals surface area contributed by atoms with Gasteiger partial charge in [-0.15, -0.1) is 0 Å². The topological polar surface area (TPSA) is 60.5 Å². The van der Waals surface area contributed by atoms with Crippen LogP contribution in [-0.4, -0.2) is 49.2 Å². The number of aryl methyl sites for hydroxylation is 1. The van der Waals surface area contributed by atoms with Crippen LogP contribution in [0.15, 0.2) is 30.3 Å². The number of carbonyl (C=O) groups excluding carboxylic acids is 1. The van der Waals surface area contributed by atoms with Gasteiger partial charge in [0.1, 0.15) is 11.6 Å². The first-order valence-electron chi connectivity index (χ1n) is 11.4. The molecule has 33 heavy (non-hydrogen) atoms. The zero-order chi connectivity index (χ0) is 23.2. The van der Waals surface area contributed by atoms with E-state index in [9.17, 15) is 13.6 Å². The minimum atomic E-state index is -2.68. The van der Waals surface area contributed by atoms with E-state index in [1.807, 2.05) is 31.4 Å². The summed E-state index contributed by atoms with van der Waals surface area (Å²) in [6, 6.07) is 9.31. The average Bonchev–Trinajstić information content (AvgIpc) is 3.51. The van der Waals surface area contributed by atoms with Crippen molar-refractivity contribution in [3.8, 4) is 0 Å². The molecule has 9 heteroatoms. The molecule has 0 radical (unpaired) electrons. The highest BCUT2D eigenvalue weighted by Crippen LogP contribution is 2.54. The van der Waals surface area contributed by atoms with Gasteiger partial charge in [0.15, 0.2) is 0 Å². The van der Waals surface area contributed by atoms with E-state index >= 15 is 0 Å². The number of aromatic nitrogens is 1. The second kappa shape index (κ2) is 8.34. The Balaban J connectivity index is 1.37. The van der Waals surface area contributed by atoms with Gasteiger partial charge in [0.05, 0.1) is 24.3 Å². The largest absolute Gasteiger partial charge is 0.371 e. The molecule has 0 atom stereocenters. The van der Waals surface area contributed by atoms with E-state index in [0.717, 1.165) is 42.9 Å². The highest BCUT2D eigenvalue weighted by atomic mass is 32.2. The van der Waals surface area contributed by atoms with Crippen molar-refractivity contribution < 1.29 is 13.6 Å². The van der Waals surface area contributed by atoms with Crippen LogP contribution in [0.2, 0.25) is 0 Å². The van der Waals surface area contributed by atoms with Crippen molar-refractivity contribution in [2.24, 2.45) is 5.41 Å². The van der Waals surface area contributed by atoms with Gasteiger partial charge >= 0.3 is 0 Å². The first kappa shape index (κ1) is 22.3. The molecule has 1 saturated carbocycles. The Labute approximate surface area is 197 Å². The summed E-state index contributed by atoms with van der Waals surface area (Å²) >= 11 is 1.51. The Morgan fingerprint density at radius 3 is 2.42 bits per heavy atom. The number of nitrogens with zero attached hydrogens (tertiary/aromatic N) is 3. The molecule has 3 aliphatic rings. The first-order chi connectivity index (χ1) is 15.8. The maximum atomic E-state index is 13.3. The fourth-order valence-corrected chi connectivity index (χ4v) is 5.16. The second-order valence-corrected chi connectivity index (χ2v) is 10.2. The van der Waals surface area contributed by atoms with Crippen LogP contribution in [0.1, 0.15) is 41.6 Å². The van der Waals surface area contributed by atoms with Crippen molar-refractivity contribution >= 4 is 40.9 Å². The number of amides is 1. The molecule has 2 saturated heterocycles. The summed E-state index contributed by atoms with van der Waals surface area (Å²) in [4.78, 5) is 21.6. The number of carbonyl (C=O) groups is 1. The molecular formula is C24H29F2N5OS. The van der Waals surface area contributed by atoms with Crippen molar-refractivity contribution in [2.75, 3.05) is 52.3 Å². The monoisotopic (exact) mass is 473 g/mol. The third kappa shape index (κ3) is 4.74. The highest BCUT2D eigenvalue weighted by Gasteiger charge is 2.45. The van der Waals surface area contributed by atoms with Gasteiger partial charge in [0, 0.05) is 25.0 Å². The quantitative estimate of drug-likeness (QED) is 0.565.